The monoisotopic (exact) mass is 325 g/mol. The predicted molar refractivity (Wildman–Crippen MR) is 80.3 cm³/mol. The van der Waals surface area contributed by atoms with Crippen LogP contribution in [-0.4, -0.2) is 31.1 Å². The highest BCUT2D eigenvalue weighted by atomic mass is 35.5. The number of hydrogen-bond donors (Lipinski definition) is 0. The molecule has 2 heterocycles. The maximum absolute atomic E-state index is 11.6. The highest BCUT2D eigenvalue weighted by Crippen LogP contribution is 2.24. The first kappa shape index (κ1) is 13.5. The van der Waals surface area contributed by atoms with Gasteiger partial charge in [0.2, 0.25) is 17.7 Å². The Hall–Kier alpha value is -1.44. The minimum atomic E-state index is -0.0393. The van der Waals surface area contributed by atoms with E-state index in [0.29, 0.717) is 26.9 Å². The van der Waals surface area contributed by atoms with Crippen LogP contribution in [0.3, 0.4) is 0 Å². The first-order chi connectivity index (χ1) is 9.63. The zero-order valence-corrected chi connectivity index (χ0v) is 12.5. The zero-order chi connectivity index (χ0) is 14.1. The molecule has 0 N–H and O–H groups in total. The zero-order valence-electron chi connectivity index (χ0n) is 10.1. The van der Waals surface area contributed by atoms with Crippen LogP contribution in [0, 0.1) is 0 Å². The van der Waals surface area contributed by atoms with Crippen LogP contribution in [-0.2, 0) is 11.3 Å². The Kier molecular flexibility index (Phi) is 3.73. The van der Waals surface area contributed by atoms with Gasteiger partial charge in [0, 0.05) is 10.6 Å². The molecule has 102 valence electrons. The van der Waals surface area contributed by atoms with E-state index < -0.39 is 0 Å². The van der Waals surface area contributed by atoms with E-state index in [2.05, 4.69) is 10.2 Å². The van der Waals surface area contributed by atoms with Gasteiger partial charge in [0.15, 0.2) is 0 Å². The summed E-state index contributed by atoms with van der Waals surface area (Å²) in [6.45, 7) is 0.207. The lowest BCUT2D eigenvalue weighted by Crippen LogP contribution is -2.27. The Morgan fingerprint density at radius 2 is 2.30 bits per heavy atom. The van der Waals surface area contributed by atoms with Crippen molar-refractivity contribution in [2.75, 3.05) is 5.75 Å². The Morgan fingerprint density at radius 3 is 3.00 bits per heavy atom. The summed E-state index contributed by atoms with van der Waals surface area (Å²) in [6.07, 6.45) is 0. The van der Waals surface area contributed by atoms with E-state index in [4.69, 9.17) is 28.2 Å². The van der Waals surface area contributed by atoms with E-state index in [1.807, 2.05) is 6.07 Å². The molecule has 1 saturated heterocycles. The third-order valence-corrected chi connectivity index (χ3v) is 4.34. The summed E-state index contributed by atoms with van der Waals surface area (Å²) in [4.78, 5) is 13.1. The molecule has 5 nitrogen and oxygen atoms in total. The number of thioether (sulfide) groups is 1. The maximum atomic E-state index is 11.6. The Labute approximate surface area is 129 Å². The molecule has 20 heavy (non-hydrogen) atoms. The van der Waals surface area contributed by atoms with E-state index in [9.17, 15) is 4.79 Å². The molecule has 0 spiro atoms. The molecule has 8 heteroatoms. The SMILES string of the molecule is O=C1CSC(=S)N1Cc1nnc(-c2cccc(Cl)c2)o1. The normalized spacial score (nSPS) is 15.2. The summed E-state index contributed by atoms with van der Waals surface area (Å²) in [5.74, 6) is 1.04. The minimum Gasteiger partial charge on any atom is -0.419 e. The number of rotatable bonds is 3. The first-order valence-electron chi connectivity index (χ1n) is 5.69. The van der Waals surface area contributed by atoms with Crippen LogP contribution in [0.15, 0.2) is 28.7 Å². The minimum absolute atomic E-state index is 0.0393. The summed E-state index contributed by atoms with van der Waals surface area (Å²) >= 11 is 12.3. The van der Waals surface area contributed by atoms with Crippen molar-refractivity contribution in [1.82, 2.24) is 15.1 Å². The van der Waals surface area contributed by atoms with Gasteiger partial charge in [-0.1, -0.05) is 41.6 Å². The molecular weight excluding hydrogens is 318 g/mol. The van der Waals surface area contributed by atoms with Crippen molar-refractivity contribution < 1.29 is 9.21 Å². The largest absolute Gasteiger partial charge is 0.419 e. The standard InChI is InChI=1S/C12H8ClN3O2S2/c13-8-3-1-2-7(4-8)11-15-14-9(18-11)5-16-10(17)6-20-12(16)19/h1-4H,5-6H2. The number of nitrogens with zero attached hydrogens (tertiary/aromatic N) is 3. The van der Waals surface area contributed by atoms with Crippen LogP contribution in [0.5, 0.6) is 0 Å². The number of carbonyl (C=O) groups is 1. The van der Waals surface area contributed by atoms with Gasteiger partial charge in [0.1, 0.15) is 10.9 Å². The lowest BCUT2D eigenvalue weighted by molar-refractivity contribution is -0.124. The van der Waals surface area contributed by atoms with Gasteiger partial charge in [-0.3, -0.25) is 9.69 Å². The molecule has 0 bridgehead atoms. The molecular formula is C12H8ClN3O2S2. The van der Waals surface area contributed by atoms with Crippen LogP contribution in [0.2, 0.25) is 5.02 Å². The van der Waals surface area contributed by atoms with Gasteiger partial charge in [-0.05, 0) is 18.2 Å². The fourth-order valence-electron chi connectivity index (χ4n) is 1.72. The Balaban J connectivity index is 1.80. The number of amides is 1. The average molecular weight is 326 g/mol. The second-order valence-electron chi connectivity index (χ2n) is 4.05. The van der Waals surface area contributed by atoms with Crippen molar-refractivity contribution in [2.45, 2.75) is 6.54 Å². The first-order valence-corrected chi connectivity index (χ1v) is 7.46. The number of hydrogen-bond acceptors (Lipinski definition) is 6. The number of carbonyl (C=O) groups excluding carboxylic acids is 1. The molecule has 3 rings (SSSR count). The molecule has 0 saturated carbocycles. The van der Waals surface area contributed by atoms with Crippen LogP contribution in [0.1, 0.15) is 5.89 Å². The lowest BCUT2D eigenvalue weighted by atomic mass is 10.2. The van der Waals surface area contributed by atoms with Gasteiger partial charge in [-0.25, -0.2) is 0 Å². The number of benzene rings is 1. The molecule has 0 aliphatic carbocycles. The van der Waals surface area contributed by atoms with E-state index in [1.54, 1.807) is 18.2 Å². The van der Waals surface area contributed by atoms with E-state index in [0.717, 1.165) is 5.56 Å². The average Bonchev–Trinajstić information content (AvgIpc) is 3.01. The molecule has 1 fully saturated rings. The second-order valence-corrected chi connectivity index (χ2v) is 6.09. The van der Waals surface area contributed by atoms with Crippen molar-refractivity contribution >= 4 is 45.8 Å². The number of halogens is 1. The van der Waals surface area contributed by atoms with E-state index in [-0.39, 0.29) is 12.5 Å². The van der Waals surface area contributed by atoms with Gasteiger partial charge < -0.3 is 4.42 Å². The Bertz CT molecular complexity index is 673. The second kappa shape index (κ2) is 5.51. The lowest BCUT2D eigenvalue weighted by Gasteiger charge is -2.11. The fourth-order valence-corrected chi connectivity index (χ4v) is 2.98. The third-order valence-electron chi connectivity index (χ3n) is 2.67. The highest BCUT2D eigenvalue weighted by Gasteiger charge is 2.28. The summed E-state index contributed by atoms with van der Waals surface area (Å²) < 4.78 is 6.08. The summed E-state index contributed by atoms with van der Waals surface area (Å²) in [5.41, 5.74) is 0.737. The van der Waals surface area contributed by atoms with Crippen molar-refractivity contribution in [2.24, 2.45) is 0 Å². The fraction of sp³-hybridized carbons (Fsp3) is 0.167. The molecule has 0 atom stereocenters. The summed E-state index contributed by atoms with van der Waals surface area (Å²) in [7, 11) is 0. The van der Waals surface area contributed by atoms with E-state index >= 15 is 0 Å². The molecule has 1 aliphatic rings. The number of aromatic nitrogens is 2. The van der Waals surface area contributed by atoms with Crippen molar-refractivity contribution in [3.05, 3.63) is 35.2 Å². The van der Waals surface area contributed by atoms with Gasteiger partial charge in [-0.15, -0.1) is 10.2 Å². The van der Waals surface area contributed by atoms with Crippen molar-refractivity contribution in [1.29, 1.82) is 0 Å². The molecule has 1 aromatic carbocycles. The van der Waals surface area contributed by atoms with Crippen LogP contribution < -0.4 is 0 Å². The van der Waals surface area contributed by atoms with Crippen molar-refractivity contribution in [3.8, 4) is 11.5 Å². The smallest absolute Gasteiger partial charge is 0.247 e. The third kappa shape index (κ3) is 2.70. The van der Waals surface area contributed by atoms with Crippen LogP contribution in [0.25, 0.3) is 11.5 Å². The van der Waals surface area contributed by atoms with Crippen molar-refractivity contribution in [3.63, 3.8) is 0 Å². The quantitative estimate of drug-likeness (QED) is 0.809. The maximum Gasteiger partial charge on any atom is 0.247 e. The molecule has 1 aromatic heterocycles. The summed E-state index contributed by atoms with van der Waals surface area (Å²) in [6, 6.07) is 7.13. The van der Waals surface area contributed by atoms with Crippen LogP contribution >= 0.6 is 35.6 Å². The van der Waals surface area contributed by atoms with Crippen LogP contribution in [0.4, 0.5) is 0 Å². The number of thiocarbonyl (C=S) groups is 1. The molecule has 1 aliphatic heterocycles. The molecule has 0 radical (unpaired) electrons. The predicted octanol–water partition coefficient (Wildman–Crippen LogP) is 2.75. The van der Waals surface area contributed by atoms with Gasteiger partial charge in [-0.2, -0.15) is 0 Å². The van der Waals surface area contributed by atoms with Gasteiger partial charge in [0.05, 0.1) is 5.75 Å². The van der Waals surface area contributed by atoms with E-state index in [1.165, 1.54) is 16.7 Å². The Morgan fingerprint density at radius 1 is 1.45 bits per heavy atom. The van der Waals surface area contributed by atoms with Gasteiger partial charge >= 0.3 is 0 Å². The molecule has 2 aromatic rings. The molecule has 0 unspecified atom stereocenters. The topological polar surface area (TPSA) is 59.2 Å². The van der Waals surface area contributed by atoms with Gasteiger partial charge in [0.25, 0.3) is 0 Å². The molecule has 1 amide bonds. The summed E-state index contributed by atoms with van der Waals surface area (Å²) in [5, 5.41) is 8.48. The highest BCUT2D eigenvalue weighted by molar-refractivity contribution is 8.23.